The Labute approximate surface area is 175 Å². The summed E-state index contributed by atoms with van der Waals surface area (Å²) in [5.74, 6) is 1.28. The molecule has 0 bridgehead atoms. The topological polar surface area (TPSA) is 89.5 Å². The Morgan fingerprint density at radius 1 is 1.03 bits per heavy atom. The van der Waals surface area contributed by atoms with Crippen LogP contribution in [0.4, 0.5) is 10.5 Å². The summed E-state index contributed by atoms with van der Waals surface area (Å²) < 4.78 is 15.2. The van der Waals surface area contributed by atoms with Crippen LogP contribution in [0.15, 0.2) is 47.6 Å². The van der Waals surface area contributed by atoms with Crippen LogP contribution in [0.25, 0.3) is 0 Å². The highest BCUT2D eigenvalue weighted by atomic mass is 16.5. The summed E-state index contributed by atoms with van der Waals surface area (Å²) in [7, 11) is 4.50. The molecule has 1 aliphatic heterocycles. The number of hydrogen-bond acceptors (Lipinski definition) is 6. The average molecular weight is 411 g/mol. The largest absolute Gasteiger partial charge is 0.493 e. The van der Waals surface area contributed by atoms with Crippen LogP contribution in [0.2, 0.25) is 0 Å². The Hall–Kier alpha value is -3.55. The van der Waals surface area contributed by atoms with E-state index >= 15 is 0 Å². The number of hydrazone groups is 1. The zero-order valence-corrected chi connectivity index (χ0v) is 17.3. The summed E-state index contributed by atoms with van der Waals surface area (Å²) >= 11 is 0. The smallest absolute Gasteiger partial charge is 0.411 e. The summed E-state index contributed by atoms with van der Waals surface area (Å²) in [5.41, 5.74) is 3.43. The lowest BCUT2D eigenvalue weighted by Crippen LogP contribution is -2.33. The quantitative estimate of drug-likeness (QED) is 0.754. The van der Waals surface area contributed by atoms with Gasteiger partial charge in [-0.1, -0.05) is 12.1 Å². The van der Waals surface area contributed by atoms with Crippen molar-refractivity contribution < 1.29 is 23.8 Å². The van der Waals surface area contributed by atoms with Crippen LogP contribution >= 0.6 is 0 Å². The summed E-state index contributed by atoms with van der Waals surface area (Å²) in [5, 5.41) is 8.71. The van der Waals surface area contributed by atoms with Crippen LogP contribution in [0.1, 0.15) is 24.0 Å². The van der Waals surface area contributed by atoms with Gasteiger partial charge in [0.2, 0.25) is 5.91 Å². The van der Waals surface area contributed by atoms with Gasteiger partial charge in [0.1, 0.15) is 0 Å². The second-order valence-electron chi connectivity index (χ2n) is 6.70. The zero-order valence-electron chi connectivity index (χ0n) is 17.3. The van der Waals surface area contributed by atoms with Gasteiger partial charge in [0.05, 0.1) is 27.0 Å². The predicted octanol–water partition coefficient (Wildman–Crippen LogP) is 3.45. The van der Waals surface area contributed by atoms with Gasteiger partial charge < -0.3 is 14.2 Å². The maximum atomic E-state index is 12.3. The van der Waals surface area contributed by atoms with Crippen molar-refractivity contribution in [2.75, 3.05) is 33.2 Å². The molecule has 0 aromatic heterocycles. The van der Waals surface area contributed by atoms with Gasteiger partial charge in [0, 0.05) is 30.6 Å². The second-order valence-corrected chi connectivity index (χ2v) is 6.70. The Morgan fingerprint density at radius 3 is 2.43 bits per heavy atom. The Morgan fingerprint density at radius 2 is 1.77 bits per heavy atom. The number of rotatable bonds is 7. The molecule has 0 saturated carbocycles. The van der Waals surface area contributed by atoms with Crippen molar-refractivity contribution in [3.63, 3.8) is 0 Å². The maximum Gasteiger partial charge on any atom is 0.411 e. The van der Waals surface area contributed by atoms with Gasteiger partial charge in [-0.05, 0) is 42.3 Å². The number of benzene rings is 2. The highest BCUT2D eigenvalue weighted by Crippen LogP contribution is 2.29. The molecule has 0 spiro atoms. The summed E-state index contributed by atoms with van der Waals surface area (Å²) in [6, 6.07) is 13.0. The molecule has 0 fully saturated rings. The van der Waals surface area contributed by atoms with Crippen LogP contribution in [-0.2, 0) is 16.0 Å². The first-order valence-electron chi connectivity index (χ1n) is 9.58. The van der Waals surface area contributed by atoms with Crippen LogP contribution in [-0.4, -0.2) is 50.6 Å². The third-order valence-corrected chi connectivity index (χ3v) is 4.82. The van der Waals surface area contributed by atoms with E-state index in [4.69, 9.17) is 9.47 Å². The fourth-order valence-electron chi connectivity index (χ4n) is 3.16. The first-order valence-corrected chi connectivity index (χ1v) is 9.58. The molecule has 2 aromatic rings. The molecule has 1 heterocycles. The van der Waals surface area contributed by atoms with E-state index in [1.165, 1.54) is 12.1 Å². The van der Waals surface area contributed by atoms with Gasteiger partial charge in [-0.2, -0.15) is 5.10 Å². The number of nitrogens with zero attached hydrogens (tertiary/aromatic N) is 2. The van der Waals surface area contributed by atoms with Crippen molar-refractivity contribution in [2.24, 2.45) is 5.10 Å². The van der Waals surface area contributed by atoms with E-state index in [0.29, 0.717) is 43.0 Å². The summed E-state index contributed by atoms with van der Waals surface area (Å²) in [6.07, 6.45) is 1.12. The number of nitrogens with one attached hydrogen (secondary N) is 1. The van der Waals surface area contributed by atoms with Gasteiger partial charge in [-0.15, -0.1) is 0 Å². The van der Waals surface area contributed by atoms with Gasteiger partial charge in [0.25, 0.3) is 0 Å². The summed E-state index contributed by atoms with van der Waals surface area (Å²) in [6.45, 7) is 0.472. The summed E-state index contributed by atoms with van der Waals surface area (Å²) in [4.78, 5) is 23.6. The fourth-order valence-corrected chi connectivity index (χ4v) is 3.16. The van der Waals surface area contributed by atoms with Crippen molar-refractivity contribution in [2.45, 2.75) is 19.3 Å². The first-order chi connectivity index (χ1) is 14.5. The van der Waals surface area contributed by atoms with Crippen molar-refractivity contribution in [1.29, 1.82) is 0 Å². The van der Waals surface area contributed by atoms with Crippen molar-refractivity contribution in [1.82, 2.24) is 5.01 Å². The van der Waals surface area contributed by atoms with Crippen molar-refractivity contribution in [3.05, 3.63) is 53.6 Å². The molecule has 0 atom stereocenters. The molecule has 0 unspecified atom stereocenters. The minimum Gasteiger partial charge on any atom is -0.493 e. The minimum atomic E-state index is -0.515. The van der Waals surface area contributed by atoms with E-state index in [2.05, 4.69) is 15.2 Å². The number of carbonyl (C=O) groups excluding carboxylic acids is 2. The van der Waals surface area contributed by atoms with E-state index in [1.807, 2.05) is 30.3 Å². The Balaban J connectivity index is 1.68. The second kappa shape index (κ2) is 9.78. The first kappa shape index (κ1) is 21.2. The van der Waals surface area contributed by atoms with Crippen LogP contribution < -0.4 is 14.8 Å². The van der Waals surface area contributed by atoms with Crippen LogP contribution in [0.3, 0.4) is 0 Å². The normalized spacial score (nSPS) is 13.5. The number of anilines is 1. The van der Waals surface area contributed by atoms with Crippen molar-refractivity contribution >= 4 is 23.4 Å². The molecule has 3 rings (SSSR count). The average Bonchev–Trinajstić information content (AvgIpc) is 2.78. The van der Waals surface area contributed by atoms with Crippen LogP contribution in [0, 0.1) is 0 Å². The lowest BCUT2D eigenvalue weighted by Gasteiger charge is -2.24. The molecule has 2 amide bonds. The maximum absolute atomic E-state index is 12.3. The molecule has 1 aliphatic rings. The van der Waals surface area contributed by atoms with Gasteiger partial charge in [-0.3, -0.25) is 10.1 Å². The predicted molar refractivity (Wildman–Crippen MR) is 113 cm³/mol. The van der Waals surface area contributed by atoms with Gasteiger partial charge in [0.15, 0.2) is 11.5 Å². The van der Waals surface area contributed by atoms with E-state index in [-0.39, 0.29) is 5.91 Å². The highest BCUT2D eigenvalue weighted by Gasteiger charge is 2.22. The lowest BCUT2D eigenvalue weighted by atomic mass is 10.0. The number of carbonyl (C=O) groups is 2. The lowest BCUT2D eigenvalue weighted by molar-refractivity contribution is -0.131. The minimum absolute atomic E-state index is 0.00297. The molecule has 30 heavy (non-hydrogen) atoms. The highest BCUT2D eigenvalue weighted by molar-refractivity contribution is 6.04. The van der Waals surface area contributed by atoms with E-state index in [1.54, 1.807) is 26.4 Å². The fraction of sp³-hybridized carbons (Fsp3) is 0.318. The molecule has 8 heteroatoms. The molecule has 158 valence electrons. The van der Waals surface area contributed by atoms with E-state index in [0.717, 1.165) is 16.8 Å². The zero-order chi connectivity index (χ0) is 21.5. The number of methoxy groups -OCH3 is 3. The molecule has 8 nitrogen and oxygen atoms in total. The van der Waals surface area contributed by atoms with Crippen LogP contribution in [0.5, 0.6) is 11.5 Å². The molecule has 0 saturated heterocycles. The van der Waals surface area contributed by atoms with Crippen molar-refractivity contribution in [3.8, 4) is 11.5 Å². The third kappa shape index (κ3) is 5.08. The third-order valence-electron chi connectivity index (χ3n) is 4.82. The monoisotopic (exact) mass is 411 g/mol. The Kier molecular flexibility index (Phi) is 6.90. The van der Waals surface area contributed by atoms with E-state index < -0.39 is 6.09 Å². The van der Waals surface area contributed by atoms with Gasteiger partial charge in [-0.25, -0.2) is 9.80 Å². The standard InChI is InChI=1S/C22H25N3O5/c1-28-19-10-6-16(14-20(19)29-2)18-9-11-21(26)25(24-18)13-12-15-4-7-17(8-5-15)23-22(27)30-3/h4-8,10,14H,9,11-13H2,1-3H3,(H,23,27). The molecular weight excluding hydrogens is 386 g/mol. The van der Waals surface area contributed by atoms with E-state index in [9.17, 15) is 9.59 Å². The molecule has 0 aliphatic carbocycles. The molecule has 2 aromatic carbocycles. The molecular formula is C22H25N3O5. The SMILES string of the molecule is COC(=O)Nc1ccc(CCN2N=C(c3ccc(OC)c(OC)c3)CCC2=O)cc1. The Bertz CT molecular complexity index is 940. The van der Waals surface area contributed by atoms with Gasteiger partial charge >= 0.3 is 6.09 Å². The number of hydrogen-bond donors (Lipinski definition) is 1. The molecule has 0 radical (unpaired) electrons. The number of amides is 2. The number of ether oxygens (including phenoxy) is 3. The molecule has 1 N–H and O–H groups in total.